The Hall–Kier alpha value is -1.62. The Morgan fingerprint density at radius 1 is 1.40 bits per heavy atom. The van der Waals surface area contributed by atoms with Gasteiger partial charge in [0, 0.05) is 19.3 Å². The van der Waals surface area contributed by atoms with Gasteiger partial charge in [0.2, 0.25) is 0 Å². The fourth-order valence-corrected chi connectivity index (χ4v) is 1.08. The first-order valence-electron chi connectivity index (χ1n) is 4.78. The Morgan fingerprint density at radius 2 is 2.20 bits per heavy atom. The predicted molar refractivity (Wildman–Crippen MR) is 56.0 cm³/mol. The van der Waals surface area contributed by atoms with Crippen LogP contribution in [0.25, 0.3) is 0 Å². The standard InChI is InChI=1S/C10H14N2O3/c13-6-2-1-5-11-9-4-3-8(7-12-9)10(14)15/h3-4,7,13H,1-2,5-6H2,(H,11,12)(H,14,15). The van der Waals surface area contributed by atoms with Gasteiger partial charge in [-0.25, -0.2) is 9.78 Å². The van der Waals surface area contributed by atoms with Gasteiger partial charge in [0.25, 0.3) is 0 Å². The van der Waals surface area contributed by atoms with Crippen molar-refractivity contribution in [2.75, 3.05) is 18.5 Å². The molecule has 1 aromatic rings. The second kappa shape index (κ2) is 5.98. The number of aliphatic hydroxyl groups excluding tert-OH is 1. The lowest BCUT2D eigenvalue weighted by Crippen LogP contribution is -2.05. The van der Waals surface area contributed by atoms with Crippen molar-refractivity contribution < 1.29 is 15.0 Å². The number of carboxylic acid groups (broad SMARTS) is 1. The lowest BCUT2D eigenvalue weighted by molar-refractivity contribution is 0.0696. The third kappa shape index (κ3) is 3.95. The van der Waals surface area contributed by atoms with Crippen LogP contribution in [0.5, 0.6) is 0 Å². The van der Waals surface area contributed by atoms with Crippen molar-refractivity contribution in [2.24, 2.45) is 0 Å². The Kier molecular flexibility index (Phi) is 4.56. The van der Waals surface area contributed by atoms with Gasteiger partial charge >= 0.3 is 5.97 Å². The number of unbranched alkanes of at least 4 members (excludes halogenated alkanes) is 1. The molecule has 0 atom stereocenters. The molecule has 0 saturated carbocycles. The second-order valence-electron chi connectivity index (χ2n) is 3.09. The molecule has 82 valence electrons. The highest BCUT2D eigenvalue weighted by Crippen LogP contribution is 2.05. The SMILES string of the molecule is O=C(O)c1ccc(NCCCCO)nc1. The number of anilines is 1. The minimum absolute atomic E-state index is 0.177. The molecule has 1 aromatic heterocycles. The van der Waals surface area contributed by atoms with Gasteiger partial charge in [0.15, 0.2) is 0 Å². The molecule has 0 fully saturated rings. The zero-order valence-electron chi connectivity index (χ0n) is 8.31. The summed E-state index contributed by atoms with van der Waals surface area (Å²) in [6, 6.07) is 3.13. The first kappa shape index (κ1) is 11.5. The van der Waals surface area contributed by atoms with Crippen LogP contribution in [0.15, 0.2) is 18.3 Å². The fourth-order valence-electron chi connectivity index (χ4n) is 1.08. The molecule has 5 nitrogen and oxygen atoms in total. The molecule has 5 heteroatoms. The molecule has 1 rings (SSSR count). The first-order valence-corrected chi connectivity index (χ1v) is 4.78. The summed E-state index contributed by atoms with van der Waals surface area (Å²) in [5.74, 6) is -0.327. The van der Waals surface area contributed by atoms with Crippen molar-refractivity contribution in [3.8, 4) is 0 Å². The van der Waals surface area contributed by atoms with Gasteiger partial charge in [0.1, 0.15) is 5.82 Å². The van der Waals surface area contributed by atoms with Gasteiger partial charge in [-0.3, -0.25) is 0 Å². The van der Waals surface area contributed by atoms with Gasteiger partial charge in [-0.15, -0.1) is 0 Å². The van der Waals surface area contributed by atoms with Crippen LogP contribution >= 0.6 is 0 Å². The smallest absolute Gasteiger partial charge is 0.337 e. The molecule has 0 spiro atoms. The van der Waals surface area contributed by atoms with Gasteiger partial charge in [-0.1, -0.05) is 0 Å². The normalized spacial score (nSPS) is 9.93. The van der Waals surface area contributed by atoms with E-state index in [9.17, 15) is 4.79 Å². The third-order valence-corrected chi connectivity index (χ3v) is 1.90. The number of nitrogens with zero attached hydrogens (tertiary/aromatic N) is 1. The van der Waals surface area contributed by atoms with Crippen molar-refractivity contribution in [3.05, 3.63) is 23.9 Å². The summed E-state index contributed by atoms with van der Waals surface area (Å²) >= 11 is 0. The average molecular weight is 210 g/mol. The lowest BCUT2D eigenvalue weighted by atomic mass is 10.3. The molecule has 3 N–H and O–H groups in total. The highest BCUT2D eigenvalue weighted by Gasteiger charge is 2.01. The monoisotopic (exact) mass is 210 g/mol. The molecule has 1 heterocycles. The van der Waals surface area contributed by atoms with Crippen LogP contribution in [0, 0.1) is 0 Å². The number of nitrogens with one attached hydrogen (secondary N) is 1. The zero-order chi connectivity index (χ0) is 11.1. The molecular weight excluding hydrogens is 196 g/mol. The van der Waals surface area contributed by atoms with Gasteiger partial charge < -0.3 is 15.5 Å². The van der Waals surface area contributed by atoms with Crippen LogP contribution < -0.4 is 5.32 Å². The highest BCUT2D eigenvalue weighted by molar-refractivity contribution is 5.87. The summed E-state index contributed by atoms with van der Waals surface area (Å²) in [4.78, 5) is 14.5. The topological polar surface area (TPSA) is 82.5 Å². The number of aliphatic hydroxyl groups is 1. The largest absolute Gasteiger partial charge is 0.478 e. The maximum Gasteiger partial charge on any atom is 0.337 e. The van der Waals surface area contributed by atoms with Crippen LogP contribution in [0.2, 0.25) is 0 Å². The van der Waals surface area contributed by atoms with Gasteiger partial charge in [-0.2, -0.15) is 0 Å². The number of hydrogen-bond donors (Lipinski definition) is 3. The van der Waals surface area contributed by atoms with E-state index in [1.807, 2.05) is 0 Å². The van der Waals surface area contributed by atoms with E-state index in [0.717, 1.165) is 19.4 Å². The molecule has 0 unspecified atom stereocenters. The number of carbonyl (C=O) groups is 1. The van der Waals surface area contributed by atoms with E-state index >= 15 is 0 Å². The summed E-state index contributed by atoms with van der Waals surface area (Å²) < 4.78 is 0. The van der Waals surface area contributed by atoms with Crippen LogP contribution in [0.4, 0.5) is 5.82 Å². The van der Waals surface area contributed by atoms with E-state index in [1.165, 1.54) is 12.3 Å². The third-order valence-electron chi connectivity index (χ3n) is 1.90. The quantitative estimate of drug-likeness (QED) is 0.609. The Labute approximate surface area is 87.8 Å². The number of rotatable bonds is 6. The van der Waals surface area contributed by atoms with Crippen molar-refractivity contribution in [1.29, 1.82) is 0 Å². The maximum absolute atomic E-state index is 10.5. The van der Waals surface area contributed by atoms with Gasteiger partial charge in [-0.05, 0) is 25.0 Å². The molecule has 0 aliphatic rings. The van der Waals surface area contributed by atoms with Crippen molar-refractivity contribution in [3.63, 3.8) is 0 Å². The van der Waals surface area contributed by atoms with Crippen LogP contribution in [0.3, 0.4) is 0 Å². The molecule has 0 aromatic carbocycles. The van der Waals surface area contributed by atoms with E-state index in [2.05, 4.69) is 10.3 Å². The fraction of sp³-hybridized carbons (Fsp3) is 0.400. The van der Waals surface area contributed by atoms with E-state index in [4.69, 9.17) is 10.2 Å². The summed E-state index contributed by atoms with van der Waals surface area (Å²) in [6.45, 7) is 0.910. The Morgan fingerprint density at radius 3 is 2.73 bits per heavy atom. The summed E-state index contributed by atoms with van der Waals surface area (Å²) in [7, 11) is 0. The maximum atomic E-state index is 10.5. The molecule has 0 aliphatic heterocycles. The summed E-state index contributed by atoms with van der Waals surface area (Å²) in [5, 5.41) is 20.2. The molecule has 0 aliphatic carbocycles. The predicted octanol–water partition coefficient (Wildman–Crippen LogP) is 0.964. The van der Waals surface area contributed by atoms with Gasteiger partial charge in [0.05, 0.1) is 5.56 Å². The summed E-state index contributed by atoms with van der Waals surface area (Å²) in [6.07, 6.45) is 2.93. The van der Waals surface area contributed by atoms with E-state index in [-0.39, 0.29) is 12.2 Å². The zero-order valence-corrected chi connectivity index (χ0v) is 8.31. The molecular formula is C10H14N2O3. The average Bonchev–Trinajstić information content (AvgIpc) is 2.25. The number of carboxylic acids is 1. The Balaban J connectivity index is 2.39. The van der Waals surface area contributed by atoms with Crippen LogP contribution in [0.1, 0.15) is 23.2 Å². The molecule has 0 saturated heterocycles. The number of aromatic nitrogens is 1. The molecule has 0 amide bonds. The van der Waals surface area contributed by atoms with E-state index in [0.29, 0.717) is 5.82 Å². The minimum Gasteiger partial charge on any atom is -0.478 e. The van der Waals surface area contributed by atoms with Crippen molar-refractivity contribution in [2.45, 2.75) is 12.8 Å². The van der Waals surface area contributed by atoms with E-state index < -0.39 is 5.97 Å². The first-order chi connectivity index (χ1) is 7.24. The van der Waals surface area contributed by atoms with E-state index in [1.54, 1.807) is 6.07 Å². The molecule has 0 radical (unpaired) electrons. The number of hydrogen-bond acceptors (Lipinski definition) is 4. The van der Waals surface area contributed by atoms with Crippen LogP contribution in [-0.4, -0.2) is 34.3 Å². The lowest BCUT2D eigenvalue weighted by Gasteiger charge is -2.04. The highest BCUT2D eigenvalue weighted by atomic mass is 16.4. The molecule has 0 bridgehead atoms. The second-order valence-corrected chi connectivity index (χ2v) is 3.09. The molecule has 15 heavy (non-hydrogen) atoms. The van der Waals surface area contributed by atoms with Crippen LogP contribution in [-0.2, 0) is 0 Å². The number of pyridine rings is 1. The minimum atomic E-state index is -0.977. The summed E-state index contributed by atoms with van der Waals surface area (Å²) in [5.41, 5.74) is 0.177. The van der Waals surface area contributed by atoms with Crippen molar-refractivity contribution >= 4 is 11.8 Å². The van der Waals surface area contributed by atoms with Crippen molar-refractivity contribution in [1.82, 2.24) is 4.98 Å². The number of aromatic carboxylic acids is 1. The Bertz CT molecular complexity index is 311.